The third-order valence-corrected chi connectivity index (χ3v) is 5.46. The molecule has 2 heterocycles. The summed E-state index contributed by atoms with van der Waals surface area (Å²) in [6.45, 7) is 5.97. The van der Waals surface area contributed by atoms with Crippen LogP contribution >= 0.6 is 0 Å². The molecule has 6 nitrogen and oxygen atoms in total. The van der Waals surface area contributed by atoms with Gasteiger partial charge in [-0.25, -0.2) is 4.39 Å². The van der Waals surface area contributed by atoms with Crippen LogP contribution in [0.15, 0.2) is 77.0 Å². The Morgan fingerprint density at radius 1 is 0.938 bits per heavy atom. The van der Waals surface area contributed by atoms with Crippen molar-refractivity contribution >= 4 is 28.8 Å². The third kappa shape index (κ3) is 4.14. The molecule has 0 fully saturated rings. The van der Waals surface area contributed by atoms with E-state index in [1.165, 1.54) is 30.5 Å². The lowest BCUT2D eigenvalue weighted by atomic mass is 10.0. The normalized spacial score (nSPS) is 13.8. The lowest BCUT2D eigenvalue weighted by molar-refractivity contribution is -0.137. The Morgan fingerprint density at radius 3 is 2.22 bits per heavy atom. The van der Waals surface area contributed by atoms with E-state index < -0.39 is 17.6 Å². The lowest BCUT2D eigenvalue weighted by Gasteiger charge is -2.21. The van der Waals surface area contributed by atoms with Gasteiger partial charge in [-0.3, -0.25) is 14.5 Å². The number of rotatable bonds is 8. The zero-order valence-corrected chi connectivity index (χ0v) is 18.0. The zero-order valence-electron chi connectivity index (χ0n) is 18.0. The molecule has 0 saturated heterocycles. The molecule has 0 bridgehead atoms. The van der Waals surface area contributed by atoms with Crippen molar-refractivity contribution in [3.05, 3.63) is 89.8 Å². The molecule has 1 aromatic heterocycles. The summed E-state index contributed by atoms with van der Waals surface area (Å²) in [4.78, 5) is 29.8. The van der Waals surface area contributed by atoms with Gasteiger partial charge < -0.3 is 14.6 Å². The summed E-state index contributed by atoms with van der Waals surface area (Å²) in [6.07, 6.45) is 1.49. The average molecular weight is 433 g/mol. The Morgan fingerprint density at radius 2 is 1.62 bits per heavy atom. The fourth-order valence-corrected chi connectivity index (χ4v) is 3.77. The molecule has 3 aromatic rings. The SMILES string of the molecule is CCN(CC)c1ccc(NC2=C(c3ccc(F)cc3)C(=O)N(Cc3ccco3)C2=O)cc1. The first-order chi connectivity index (χ1) is 15.5. The molecule has 32 heavy (non-hydrogen) atoms. The number of hydrogen-bond acceptors (Lipinski definition) is 5. The summed E-state index contributed by atoms with van der Waals surface area (Å²) in [5.74, 6) is -0.839. The van der Waals surface area contributed by atoms with Gasteiger partial charge in [0.2, 0.25) is 0 Å². The van der Waals surface area contributed by atoms with Crippen LogP contribution in [0.3, 0.4) is 0 Å². The first-order valence-corrected chi connectivity index (χ1v) is 10.5. The number of amides is 2. The smallest absolute Gasteiger partial charge is 0.278 e. The van der Waals surface area contributed by atoms with E-state index in [9.17, 15) is 14.0 Å². The Kier molecular flexibility index (Phi) is 6.07. The molecule has 0 aliphatic carbocycles. The molecule has 0 saturated carbocycles. The number of nitrogens with one attached hydrogen (secondary N) is 1. The molecule has 7 heteroatoms. The van der Waals surface area contributed by atoms with Gasteiger partial charge in [-0.05, 0) is 67.9 Å². The molecule has 0 spiro atoms. The Labute approximate surface area is 185 Å². The summed E-state index contributed by atoms with van der Waals surface area (Å²) in [7, 11) is 0. The average Bonchev–Trinajstić information content (AvgIpc) is 3.40. The van der Waals surface area contributed by atoms with Crippen LogP contribution < -0.4 is 10.2 Å². The van der Waals surface area contributed by atoms with Gasteiger partial charge in [-0.2, -0.15) is 0 Å². The fraction of sp³-hybridized carbons (Fsp3) is 0.200. The molecular formula is C25H24FN3O3. The van der Waals surface area contributed by atoms with E-state index in [4.69, 9.17) is 4.42 Å². The second-order valence-electron chi connectivity index (χ2n) is 7.38. The number of anilines is 2. The maximum Gasteiger partial charge on any atom is 0.278 e. The molecule has 0 atom stereocenters. The van der Waals surface area contributed by atoms with E-state index in [-0.39, 0.29) is 17.8 Å². The van der Waals surface area contributed by atoms with Gasteiger partial charge in [0.25, 0.3) is 11.8 Å². The van der Waals surface area contributed by atoms with Crippen molar-refractivity contribution < 1.29 is 18.4 Å². The molecule has 164 valence electrons. The van der Waals surface area contributed by atoms with Crippen molar-refractivity contribution in [3.8, 4) is 0 Å². The van der Waals surface area contributed by atoms with E-state index in [0.717, 1.165) is 23.7 Å². The van der Waals surface area contributed by atoms with E-state index in [1.807, 2.05) is 24.3 Å². The van der Waals surface area contributed by atoms with Crippen LogP contribution in [0.4, 0.5) is 15.8 Å². The van der Waals surface area contributed by atoms with Gasteiger partial charge in [-0.1, -0.05) is 12.1 Å². The van der Waals surface area contributed by atoms with Crippen molar-refractivity contribution in [2.45, 2.75) is 20.4 Å². The molecule has 0 unspecified atom stereocenters. The number of imide groups is 1. The summed E-state index contributed by atoms with van der Waals surface area (Å²) >= 11 is 0. The number of halogens is 1. The van der Waals surface area contributed by atoms with Crippen LogP contribution in [0.5, 0.6) is 0 Å². The van der Waals surface area contributed by atoms with Crippen LogP contribution in [0.25, 0.3) is 5.57 Å². The molecule has 2 aromatic carbocycles. The summed E-state index contributed by atoms with van der Waals surface area (Å²) in [5, 5.41) is 3.12. The maximum atomic E-state index is 13.5. The number of nitrogens with zero attached hydrogens (tertiary/aromatic N) is 2. The molecule has 2 amide bonds. The molecule has 0 radical (unpaired) electrons. The highest BCUT2D eigenvalue weighted by atomic mass is 19.1. The van der Waals surface area contributed by atoms with Crippen molar-refractivity contribution in [2.24, 2.45) is 0 Å². The van der Waals surface area contributed by atoms with Crippen LogP contribution in [-0.4, -0.2) is 29.8 Å². The third-order valence-electron chi connectivity index (χ3n) is 5.46. The van der Waals surface area contributed by atoms with Crippen molar-refractivity contribution in [1.82, 2.24) is 4.90 Å². The Bertz CT molecular complexity index is 1130. The second kappa shape index (κ2) is 9.09. The minimum atomic E-state index is -0.460. The highest BCUT2D eigenvalue weighted by Crippen LogP contribution is 2.32. The van der Waals surface area contributed by atoms with E-state index in [1.54, 1.807) is 12.1 Å². The van der Waals surface area contributed by atoms with Crippen LogP contribution in [0, 0.1) is 5.82 Å². The summed E-state index contributed by atoms with van der Waals surface area (Å²) < 4.78 is 18.8. The predicted molar refractivity (Wildman–Crippen MR) is 121 cm³/mol. The Balaban J connectivity index is 1.68. The largest absolute Gasteiger partial charge is 0.467 e. The number of benzene rings is 2. The Hall–Kier alpha value is -3.87. The standard InChI is InChI=1S/C25H24FN3O3/c1-3-28(4-2)20-13-11-19(12-14-20)27-23-22(17-7-9-18(26)10-8-17)24(30)29(25(23)31)16-21-6-5-15-32-21/h5-15,27H,3-4,16H2,1-2H3. The lowest BCUT2D eigenvalue weighted by Crippen LogP contribution is -2.31. The molecular weight excluding hydrogens is 409 g/mol. The molecule has 1 aliphatic rings. The number of carbonyl (C=O) groups excluding carboxylic acids is 2. The number of furan rings is 1. The van der Waals surface area contributed by atoms with Gasteiger partial charge >= 0.3 is 0 Å². The van der Waals surface area contributed by atoms with Gasteiger partial charge in [0.1, 0.15) is 17.3 Å². The quantitative estimate of drug-likeness (QED) is 0.524. The van der Waals surface area contributed by atoms with Crippen molar-refractivity contribution in [3.63, 3.8) is 0 Å². The molecule has 1 N–H and O–H groups in total. The molecule has 4 rings (SSSR count). The highest BCUT2D eigenvalue weighted by molar-refractivity contribution is 6.36. The van der Waals surface area contributed by atoms with Gasteiger partial charge in [0, 0.05) is 24.5 Å². The first kappa shape index (κ1) is 21.4. The van der Waals surface area contributed by atoms with Crippen LogP contribution in [0.2, 0.25) is 0 Å². The highest BCUT2D eigenvalue weighted by Gasteiger charge is 2.39. The summed E-state index contributed by atoms with van der Waals surface area (Å²) in [5.41, 5.74) is 2.57. The van der Waals surface area contributed by atoms with E-state index >= 15 is 0 Å². The van der Waals surface area contributed by atoms with E-state index in [2.05, 4.69) is 24.1 Å². The van der Waals surface area contributed by atoms with Crippen molar-refractivity contribution in [1.29, 1.82) is 0 Å². The van der Waals surface area contributed by atoms with Crippen LogP contribution in [0.1, 0.15) is 25.2 Å². The van der Waals surface area contributed by atoms with Gasteiger partial charge in [-0.15, -0.1) is 0 Å². The topological polar surface area (TPSA) is 65.8 Å². The molecule has 1 aliphatic heterocycles. The second-order valence-corrected chi connectivity index (χ2v) is 7.38. The fourth-order valence-electron chi connectivity index (χ4n) is 3.77. The number of carbonyl (C=O) groups is 2. The predicted octanol–water partition coefficient (Wildman–Crippen LogP) is 4.66. The minimum Gasteiger partial charge on any atom is -0.467 e. The zero-order chi connectivity index (χ0) is 22.7. The van der Waals surface area contributed by atoms with Crippen molar-refractivity contribution in [2.75, 3.05) is 23.3 Å². The summed E-state index contributed by atoms with van der Waals surface area (Å²) in [6, 6.07) is 16.6. The van der Waals surface area contributed by atoms with E-state index in [0.29, 0.717) is 17.0 Å². The number of hydrogen-bond donors (Lipinski definition) is 1. The first-order valence-electron chi connectivity index (χ1n) is 10.5. The minimum absolute atomic E-state index is 0.0153. The monoisotopic (exact) mass is 433 g/mol. The van der Waals surface area contributed by atoms with Gasteiger partial charge in [0.15, 0.2) is 0 Å². The maximum absolute atomic E-state index is 13.5. The van der Waals surface area contributed by atoms with Gasteiger partial charge in [0.05, 0.1) is 18.4 Å². The van der Waals surface area contributed by atoms with Crippen LogP contribution in [-0.2, 0) is 16.1 Å².